The van der Waals surface area contributed by atoms with Gasteiger partial charge in [0, 0.05) is 19.6 Å². The molecule has 0 amide bonds. The Morgan fingerprint density at radius 3 is 2.06 bits per heavy atom. The van der Waals surface area contributed by atoms with Gasteiger partial charge in [-0.15, -0.1) is 0 Å². The van der Waals surface area contributed by atoms with Crippen LogP contribution in [0.1, 0.15) is 18.1 Å². The minimum absolute atomic E-state index is 0.133. The van der Waals surface area contributed by atoms with Crippen molar-refractivity contribution in [2.24, 2.45) is 0 Å². The van der Waals surface area contributed by atoms with Gasteiger partial charge in [0.2, 0.25) is 0 Å². The zero-order valence-electron chi connectivity index (χ0n) is 9.89. The van der Waals surface area contributed by atoms with Crippen molar-refractivity contribution in [1.29, 1.82) is 0 Å². The van der Waals surface area contributed by atoms with Gasteiger partial charge in [-0.3, -0.25) is 4.90 Å². The summed E-state index contributed by atoms with van der Waals surface area (Å²) < 4.78 is 0. The lowest BCUT2D eigenvalue weighted by Gasteiger charge is -2.21. The second-order valence-electron chi connectivity index (χ2n) is 3.85. The quantitative estimate of drug-likeness (QED) is 0.726. The van der Waals surface area contributed by atoms with Crippen LogP contribution in [0.3, 0.4) is 0 Å². The van der Waals surface area contributed by atoms with Crippen molar-refractivity contribution in [3.8, 4) is 0 Å². The lowest BCUT2D eigenvalue weighted by Crippen LogP contribution is -2.29. The Bertz CT molecular complexity index is 296. The number of nitrogens with zero attached hydrogens (tertiary/aromatic N) is 1. The lowest BCUT2D eigenvalue weighted by molar-refractivity contribution is 0.155. The molecule has 1 aromatic rings. The highest BCUT2D eigenvalue weighted by Gasteiger charge is 2.07. The topological polar surface area (TPSA) is 43.7 Å². The molecule has 0 spiro atoms. The fourth-order valence-electron chi connectivity index (χ4n) is 1.85. The van der Waals surface area contributed by atoms with Gasteiger partial charge in [0.1, 0.15) is 0 Å². The van der Waals surface area contributed by atoms with Crippen LogP contribution in [-0.2, 0) is 13.0 Å². The average Bonchev–Trinajstić information content (AvgIpc) is 2.30. The zero-order valence-corrected chi connectivity index (χ0v) is 9.89. The smallest absolute Gasteiger partial charge is 0.0558 e. The van der Waals surface area contributed by atoms with Crippen LogP contribution in [0.15, 0.2) is 24.3 Å². The van der Waals surface area contributed by atoms with Crippen LogP contribution >= 0.6 is 0 Å². The van der Waals surface area contributed by atoms with E-state index in [0.29, 0.717) is 13.1 Å². The second-order valence-corrected chi connectivity index (χ2v) is 3.85. The standard InChI is InChI=1S/C13H21NO2/c1-2-12-5-3-4-6-13(12)11-14(7-9-15)8-10-16/h3-6,15-16H,2,7-11H2,1H3. The van der Waals surface area contributed by atoms with Gasteiger partial charge in [-0.05, 0) is 17.5 Å². The van der Waals surface area contributed by atoms with Crippen molar-refractivity contribution in [1.82, 2.24) is 4.90 Å². The molecule has 1 rings (SSSR count). The Morgan fingerprint density at radius 2 is 1.56 bits per heavy atom. The summed E-state index contributed by atoms with van der Waals surface area (Å²) in [6, 6.07) is 8.32. The van der Waals surface area contributed by atoms with Gasteiger partial charge >= 0.3 is 0 Å². The van der Waals surface area contributed by atoms with Crippen LogP contribution in [0.4, 0.5) is 0 Å². The predicted molar refractivity (Wildman–Crippen MR) is 65.3 cm³/mol. The van der Waals surface area contributed by atoms with Gasteiger partial charge in [0.15, 0.2) is 0 Å². The minimum atomic E-state index is 0.133. The van der Waals surface area contributed by atoms with Gasteiger partial charge in [-0.2, -0.15) is 0 Å². The molecule has 0 saturated heterocycles. The first-order valence-corrected chi connectivity index (χ1v) is 5.82. The van der Waals surface area contributed by atoms with Crippen LogP contribution in [0.5, 0.6) is 0 Å². The van der Waals surface area contributed by atoms with Crippen molar-refractivity contribution in [3.63, 3.8) is 0 Å². The molecule has 16 heavy (non-hydrogen) atoms. The van der Waals surface area contributed by atoms with Crippen molar-refractivity contribution in [2.45, 2.75) is 19.9 Å². The fourth-order valence-corrected chi connectivity index (χ4v) is 1.85. The first-order valence-electron chi connectivity index (χ1n) is 5.82. The summed E-state index contributed by atoms with van der Waals surface area (Å²) in [5.74, 6) is 0. The summed E-state index contributed by atoms with van der Waals surface area (Å²) in [4.78, 5) is 2.06. The van der Waals surface area contributed by atoms with E-state index in [2.05, 4.69) is 24.0 Å². The Kier molecular flexibility index (Phi) is 6.08. The first kappa shape index (κ1) is 13.2. The van der Waals surface area contributed by atoms with Gasteiger partial charge in [-0.25, -0.2) is 0 Å². The molecule has 0 atom stereocenters. The second kappa shape index (κ2) is 7.39. The Labute approximate surface area is 97.3 Å². The number of aliphatic hydroxyl groups is 2. The van der Waals surface area contributed by atoms with Crippen molar-refractivity contribution < 1.29 is 10.2 Å². The number of aryl methyl sites for hydroxylation is 1. The van der Waals surface area contributed by atoms with Crippen molar-refractivity contribution in [2.75, 3.05) is 26.3 Å². The molecule has 90 valence electrons. The third-order valence-electron chi connectivity index (χ3n) is 2.73. The van der Waals surface area contributed by atoms with Gasteiger partial charge in [-0.1, -0.05) is 31.2 Å². The number of benzene rings is 1. The third kappa shape index (κ3) is 3.93. The molecule has 0 fully saturated rings. The van der Waals surface area contributed by atoms with E-state index < -0.39 is 0 Å². The summed E-state index contributed by atoms with van der Waals surface area (Å²) in [7, 11) is 0. The first-order chi connectivity index (χ1) is 7.81. The summed E-state index contributed by atoms with van der Waals surface area (Å²) in [5, 5.41) is 17.9. The van der Waals surface area contributed by atoms with E-state index in [1.165, 1.54) is 11.1 Å². The molecule has 0 saturated carbocycles. The van der Waals surface area contributed by atoms with E-state index in [9.17, 15) is 0 Å². The predicted octanol–water partition coefficient (Wildman–Crippen LogP) is 1.04. The SMILES string of the molecule is CCc1ccccc1CN(CCO)CCO. The third-order valence-corrected chi connectivity index (χ3v) is 2.73. The zero-order chi connectivity index (χ0) is 11.8. The monoisotopic (exact) mass is 223 g/mol. The summed E-state index contributed by atoms with van der Waals surface area (Å²) in [6.07, 6.45) is 1.02. The number of aliphatic hydroxyl groups excluding tert-OH is 2. The van der Waals surface area contributed by atoms with E-state index >= 15 is 0 Å². The molecule has 0 radical (unpaired) electrons. The fraction of sp³-hybridized carbons (Fsp3) is 0.538. The minimum Gasteiger partial charge on any atom is -0.395 e. The summed E-state index contributed by atoms with van der Waals surface area (Å²) in [5.41, 5.74) is 2.62. The van der Waals surface area contributed by atoms with Crippen LogP contribution in [0.25, 0.3) is 0 Å². The normalized spacial score (nSPS) is 11.0. The van der Waals surface area contributed by atoms with E-state index in [4.69, 9.17) is 10.2 Å². The Balaban J connectivity index is 2.67. The van der Waals surface area contributed by atoms with Crippen LogP contribution in [0, 0.1) is 0 Å². The molecule has 0 aliphatic rings. The van der Waals surface area contributed by atoms with Gasteiger partial charge < -0.3 is 10.2 Å². The van der Waals surface area contributed by atoms with Gasteiger partial charge in [0.25, 0.3) is 0 Å². The number of rotatable bonds is 7. The highest BCUT2D eigenvalue weighted by atomic mass is 16.3. The molecule has 0 aliphatic heterocycles. The summed E-state index contributed by atoms with van der Waals surface area (Å²) in [6.45, 7) is 4.42. The highest BCUT2D eigenvalue weighted by molar-refractivity contribution is 5.26. The average molecular weight is 223 g/mol. The molecule has 2 N–H and O–H groups in total. The van der Waals surface area contributed by atoms with E-state index in [-0.39, 0.29) is 13.2 Å². The number of hydrogen-bond acceptors (Lipinski definition) is 3. The highest BCUT2D eigenvalue weighted by Crippen LogP contribution is 2.12. The molecule has 0 aliphatic carbocycles. The molecule has 1 aromatic carbocycles. The van der Waals surface area contributed by atoms with Crippen LogP contribution in [-0.4, -0.2) is 41.4 Å². The van der Waals surface area contributed by atoms with Crippen molar-refractivity contribution >= 4 is 0 Å². The number of hydrogen-bond donors (Lipinski definition) is 2. The molecule has 0 bridgehead atoms. The molecule has 0 heterocycles. The Morgan fingerprint density at radius 1 is 1.00 bits per heavy atom. The van der Waals surface area contributed by atoms with E-state index in [0.717, 1.165) is 13.0 Å². The van der Waals surface area contributed by atoms with Crippen LogP contribution < -0.4 is 0 Å². The molecule has 3 heteroatoms. The Hall–Kier alpha value is -0.900. The summed E-state index contributed by atoms with van der Waals surface area (Å²) >= 11 is 0. The largest absolute Gasteiger partial charge is 0.395 e. The maximum atomic E-state index is 8.94. The lowest BCUT2D eigenvalue weighted by atomic mass is 10.0. The molecule has 0 aromatic heterocycles. The molecule has 3 nitrogen and oxygen atoms in total. The van der Waals surface area contributed by atoms with E-state index in [1.54, 1.807) is 0 Å². The van der Waals surface area contributed by atoms with Gasteiger partial charge in [0.05, 0.1) is 13.2 Å². The molecular weight excluding hydrogens is 202 g/mol. The maximum absolute atomic E-state index is 8.94. The van der Waals surface area contributed by atoms with Crippen molar-refractivity contribution in [3.05, 3.63) is 35.4 Å². The van der Waals surface area contributed by atoms with Crippen LogP contribution in [0.2, 0.25) is 0 Å². The molecule has 0 unspecified atom stereocenters. The molecular formula is C13H21NO2. The van der Waals surface area contributed by atoms with E-state index in [1.807, 2.05) is 12.1 Å². The maximum Gasteiger partial charge on any atom is 0.0558 e.